The van der Waals surface area contributed by atoms with E-state index >= 15 is 0 Å². The Balaban J connectivity index is 2.09. The fourth-order valence-corrected chi connectivity index (χ4v) is 4.97. The van der Waals surface area contributed by atoms with Gasteiger partial charge < -0.3 is 15.0 Å². The number of ether oxygens (including phenoxy) is 1. The van der Waals surface area contributed by atoms with Gasteiger partial charge in [0.2, 0.25) is 0 Å². The van der Waals surface area contributed by atoms with E-state index < -0.39 is 9.84 Å². The Labute approximate surface area is 143 Å². The van der Waals surface area contributed by atoms with E-state index in [9.17, 15) is 18.5 Å². The van der Waals surface area contributed by atoms with Gasteiger partial charge in [-0.3, -0.25) is 4.79 Å². The molecule has 1 unspecified atom stereocenters. The lowest BCUT2D eigenvalue weighted by Crippen LogP contribution is -2.37. The van der Waals surface area contributed by atoms with Gasteiger partial charge in [-0.15, -0.1) is 0 Å². The lowest BCUT2D eigenvalue weighted by atomic mass is 10.2. The van der Waals surface area contributed by atoms with Crippen molar-refractivity contribution < 1.29 is 17.9 Å². The number of carbonyl (C=O) groups excluding carboxylic acids is 1. The summed E-state index contributed by atoms with van der Waals surface area (Å²) in [5.41, 5.74) is 0.0160. The van der Waals surface area contributed by atoms with Crippen molar-refractivity contribution in [1.82, 2.24) is 10.2 Å². The molecule has 0 aromatic rings. The van der Waals surface area contributed by atoms with Gasteiger partial charge >= 0.3 is 0 Å². The van der Waals surface area contributed by atoms with Gasteiger partial charge in [0.25, 0.3) is 5.91 Å². The third kappa shape index (κ3) is 5.21. The van der Waals surface area contributed by atoms with Crippen molar-refractivity contribution in [1.29, 1.82) is 5.26 Å². The van der Waals surface area contributed by atoms with Gasteiger partial charge in [-0.05, 0) is 19.3 Å². The molecule has 0 bridgehead atoms. The highest BCUT2D eigenvalue weighted by Gasteiger charge is 2.31. The predicted molar refractivity (Wildman–Crippen MR) is 89.7 cm³/mol. The predicted octanol–water partition coefficient (Wildman–Crippen LogP) is 0.588. The molecule has 24 heavy (non-hydrogen) atoms. The number of hydrogen-bond donors (Lipinski definition) is 1. The zero-order valence-corrected chi connectivity index (χ0v) is 14.8. The second-order valence-electron chi connectivity index (χ2n) is 6.40. The fraction of sp³-hybridized carbons (Fsp3) is 0.750. The quantitative estimate of drug-likeness (QED) is 0.530. The molecule has 1 N–H and O–H groups in total. The molecule has 1 aliphatic heterocycles. The van der Waals surface area contributed by atoms with Crippen LogP contribution in [0.2, 0.25) is 0 Å². The number of methoxy groups -OCH3 is 1. The fourth-order valence-electron chi connectivity index (χ4n) is 3.22. The largest absolute Gasteiger partial charge is 0.383 e. The molecular weight excluding hydrogens is 330 g/mol. The molecule has 0 aromatic heterocycles. The summed E-state index contributed by atoms with van der Waals surface area (Å²) in [6.45, 7) is 0.842. The number of nitrogens with one attached hydrogen (secondary N) is 1. The second kappa shape index (κ2) is 8.49. The molecule has 1 aliphatic carbocycles. The molecule has 1 heterocycles. The third-order valence-corrected chi connectivity index (χ3v) is 6.33. The molecule has 2 aliphatic rings. The third-order valence-electron chi connectivity index (χ3n) is 4.58. The van der Waals surface area contributed by atoms with Crippen LogP contribution in [0.25, 0.3) is 0 Å². The maximum absolute atomic E-state index is 12.3. The van der Waals surface area contributed by atoms with Crippen LogP contribution >= 0.6 is 0 Å². The van der Waals surface area contributed by atoms with Crippen LogP contribution in [0, 0.1) is 11.3 Å². The molecule has 1 atom stereocenters. The lowest BCUT2D eigenvalue weighted by molar-refractivity contribution is -0.117. The minimum absolute atomic E-state index is 0.0160. The van der Waals surface area contributed by atoms with Gasteiger partial charge in [0.15, 0.2) is 9.84 Å². The smallest absolute Gasteiger partial charge is 0.263 e. The highest BCUT2D eigenvalue weighted by Crippen LogP contribution is 2.20. The maximum atomic E-state index is 12.3. The average molecular weight is 355 g/mol. The first-order valence-corrected chi connectivity index (χ1v) is 10.1. The minimum Gasteiger partial charge on any atom is -0.383 e. The first kappa shape index (κ1) is 18.7. The Bertz CT molecular complexity index is 618. The van der Waals surface area contributed by atoms with E-state index in [1.165, 1.54) is 6.20 Å². The van der Waals surface area contributed by atoms with Gasteiger partial charge in [0, 0.05) is 31.9 Å². The van der Waals surface area contributed by atoms with E-state index in [1.807, 2.05) is 6.07 Å². The standard InChI is InChI=1S/C16H25N3O4S/c1-23-8-7-19(15-6-9-24(21,22)12-15)11-13(10-17)16(20)18-14-4-2-3-5-14/h11,14-15H,2-9,12H2,1H3,(H,18,20)/b13-11-. The van der Waals surface area contributed by atoms with E-state index in [0.29, 0.717) is 19.6 Å². The number of hydrogen-bond acceptors (Lipinski definition) is 6. The summed E-state index contributed by atoms with van der Waals surface area (Å²) in [7, 11) is -1.48. The van der Waals surface area contributed by atoms with Crippen molar-refractivity contribution in [2.75, 3.05) is 31.8 Å². The average Bonchev–Trinajstić information content (AvgIpc) is 3.17. The molecule has 2 rings (SSSR count). The van der Waals surface area contributed by atoms with Gasteiger partial charge in [-0.25, -0.2) is 8.42 Å². The maximum Gasteiger partial charge on any atom is 0.263 e. The van der Waals surface area contributed by atoms with Crippen molar-refractivity contribution >= 4 is 15.7 Å². The topological polar surface area (TPSA) is 99.5 Å². The molecule has 7 nitrogen and oxygen atoms in total. The number of carbonyl (C=O) groups is 1. The second-order valence-corrected chi connectivity index (χ2v) is 8.63. The van der Waals surface area contributed by atoms with Crippen molar-refractivity contribution in [3.05, 3.63) is 11.8 Å². The van der Waals surface area contributed by atoms with Crippen LogP contribution < -0.4 is 5.32 Å². The number of nitriles is 1. The molecule has 0 spiro atoms. The molecule has 134 valence electrons. The van der Waals surface area contributed by atoms with Gasteiger partial charge in [0.05, 0.1) is 18.1 Å². The Kier molecular flexibility index (Phi) is 6.63. The van der Waals surface area contributed by atoms with Crippen LogP contribution in [0.15, 0.2) is 11.8 Å². The lowest BCUT2D eigenvalue weighted by Gasteiger charge is -2.26. The highest BCUT2D eigenvalue weighted by molar-refractivity contribution is 7.91. The Morgan fingerprint density at radius 1 is 1.38 bits per heavy atom. The first-order valence-electron chi connectivity index (χ1n) is 8.33. The van der Waals surface area contributed by atoms with Gasteiger partial charge in [-0.1, -0.05) is 12.8 Å². The van der Waals surface area contributed by atoms with Crippen molar-refractivity contribution in [3.8, 4) is 6.07 Å². The van der Waals surface area contributed by atoms with E-state index in [4.69, 9.17) is 4.74 Å². The van der Waals surface area contributed by atoms with Gasteiger partial charge in [-0.2, -0.15) is 5.26 Å². The highest BCUT2D eigenvalue weighted by atomic mass is 32.2. The Hall–Kier alpha value is -1.59. The zero-order chi connectivity index (χ0) is 17.6. The molecule has 1 amide bonds. The SMILES string of the molecule is COCCN(/C=C(/C#N)C(=O)NC1CCCC1)C1CCS(=O)(=O)C1. The summed E-state index contributed by atoms with van der Waals surface area (Å²) < 4.78 is 28.5. The molecule has 1 saturated heterocycles. The van der Waals surface area contributed by atoms with Crippen molar-refractivity contribution in [2.24, 2.45) is 0 Å². The summed E-state index contributed by atoms with van der Waals surface area (Å²) in [6, 6.07) is 1.86. The summed E-state index contributed by atoms with van der Waals surface area (Å²) in [4.78, 5) is 14.1. The van der Waals surface area contributed by atoms with Crippen LogP contribution in [0.1, 0.15) is 32.1 Å². The number of sulfone groups is 1. The first-order chi connectivity index (χ1) is 11.4. The molecule has 1 saturated carbocycles. The molecule has 0 aromatic carbocycles. The molecular formula is C16H25N3O4S. The monoisotopic (exact) mass is 355 g/mol. The molecule has 8 heteroatoms. The van der Waals surface area contributed by atoms with E-state index in [0.717, 1.165) is 25.7 Å². The van der Waals surface area contributed by atoms with E-state index in [-0.39, 0.29) is 35.1 Å². The minimum atomic E-state index is -3.04. The van der Waals surface area contributed by atoms with Crippen LogP contribution in [-0.4, -0.2) is 63.1 Å². The van der Waals surface area contributed by atoms with Crippen LogP contribution in [-0.2, 0) is 19.4 Å². The van der Waals surface area contributed by atoms with E-state index in [1.54, 1.807) is 12.0 Å². The molecule has 2 fully saturated rings. The zero-order valence-electron chi connectivity index (χ0n) is 14.0. The normalized spacial score (nSPS) is 23.8. The summed E-state index contributed by atoms with van der Waals surface area (Å²) in [5.74, 6) is -0.186. The van der Waals surface area contributed by atoms with Crippen molar-refractivity contribution in [2.45, 2.75) is 44.2 Å². The van der Waals surface area contributed by atoms with E-state index in [2.05, 4.69) is 5.32 Å². The summed E-state index contributed by atoms with van der Waals surface area (Å²) in [6.07, 6.45) is 6.07. The van der Waals surface area contributed by atoms with Gasteiger partial charge in [0.1, 0.15) is 11.6 Å². The molecule has 0 radical (unpaired) electrons. The van der Waals surface area contributed by atoms with Crippen LogP contribution in [0.3, 0.4) is 0 Å². The summed E-state index contributed by atoms with van der Waals surface area (Å²) in [5, 5.41) is 12.2. The Morgan fingerprint density at radius 2 is 2.08 bits per heavy atom. The number of rotatable bonds is 7. The van der Waals surface area contributed by atoms with Crippen LogP contribution in [0.4, 0.5) is 0 Å². The van der Waals surface area contributed by atoms with Crippen LogP contribution in [0.5, 0.6) is 0 Å². The summed E-state index contributed by atoms with van der Waals surface area (Å²) >= 11 is 0. The van der Waals surface area contributed by atoms with Crippen molar-refractivity contribution in [3.63, 3.8) is 0 Å². The number of nitrogens with zero attached hydrogens (tertiary/aromatic N) is 2. The number of amides is 1. The Morgan fingerprint density at radius 3 is 2.62 bits per heavy atom.